The number of hydrogen-bond donors (Lipinski definition) is 1. The summed E-state index contributed by atoms with van der Waals surface area (Å²) in [5.74, 6) is 0. The van der Waals surface area contributed by atoms with Crippen molar-refractivity contribution in [3.8, 4) is 0 Å². The molecule has 0 spiro atoms. The van der Waals surface area contributed by atoms with E-state index in [1.807, 2.05) is 0 Å². The van der Waals surface area contributed by atoms with Crippen LogP contribution in [0.5, 0.6) is 0 Å². The van der Waals surface area contributed by atoms with E-state index in [2.05, 4.69) is 0 Å². The van der Waals surface area contributed by atoms with Crippen molar-refractivity contribution in [3.05, 3.63) is 11.6 Å². The molecule has 0 saturated carbocycles. The highest BCUT2D eigenvalue weighted by Crippen LogP contribution is 2.24. The minimum absolute atomic E-state index is 0.0383. The Morgan fingerprint density at radius 1 is 1.41 bits per heavy atom. The van der Waals surface area contributed by atoms with Gasteiger partial charge >= 0.3 is 6.18 Å². The average molecular weight is 254 g/mol. The molecule has 1 heterocycles. The van der Waals surface area contributed by atoms with Gasteiger partial charge in [0.2, 0.25) is 0 Å². The third-order valence-electron chi connectivity index (χ3n) is 2.42. The van der Waals surface area contributed by atoms with Gasteiger partial charge in [-0.05, 0) is 24.8 Å². The van der Waals surface area contributed by atoms with Gasteiger partial charge in [0, 0.05) is 6.61 Å². The second kappa shape index (κ2) is 6.98. The van der Waals surface area contributed by atoms with E-state index in [1.165, 1.54) is 6.08 Å². The third kappa shape index (κ3) is 6.65. The average Bonchev–Trinajstić information content (AvgIpc) is 2.27. The minimum atomic E-state index is -4.30. The Balaban J connectivity index is 2.29. The third-order valence-corrected chi connectivity index (χ3v) is 2.42. The van der Waals surface area contributed by atoms with Gasteiger partial charge in [0.15, 0.2) is 6.29 Å². The fraction of sp³-hybridized carbons (Fsp3) is 0.818. The molecule has 17 heavy (non-hydrogen) atoms. The van der Waals surface area contributed by atoms with Crippen LogP contribution in [0, 0.1) is 0 Å². The van der Waals surface area contributed by atoms with Crippen LogP contribution in [-0.2, 0) is 9.47 Å². The summed E-state index contributed by atoms with van der Waals surface area (Å²) in [5.41, 5.74) is -0.0756. The number of aliphatic hydroxyl groups is 1. The van der Waals surface area contributed by atoms with Crippen LogP contribution in [0.4, 0.5) is 13.2 Å². The number of alkyl halides is 3. The molecular weight excluding hydrogens is 237 g/mol. The number of halogens is 3. The largest absolute Gasteiger partial charge is 0.392 e. The van der Waals surface area contributed by atoms with Gasteiger partial charge in [-0.2, -0.15) is 13.2 Å². The van der Waals surface area contributed by atoms with Gasteiger partial charge in [-0.3, -0.25) is 0 Å². The van der Waals surface area contributed by atoms with Crippen LogP contribution in [-0.4, -0.2) is 37.4 Å². The normalized spacial score (nSPS) is 22.8. The highest BCUT2D eigenvalue weighted by atomic mass is 19.4. The maximum absolute atomic E-state index is 12.1. The molecule has 3 nitrogen and oxygen atoms in total. The summed E-state index contributed by atoms with van der Waals surface area (Å²) in [4.78, 5) is 0. The van der Waals surface area contributed by atoms with Crippen LogP contribution >= 0.6 is 0 Å². The fourth-order valence-electron chi connectivity index (χ4n) is 1.57. The Morgan fingerprint density at radius 2 is 2.18 bits per heavy atom. The molecule has 1 rings (SSSR count). The molecule has 0 aliphatic carbocycles. The van der Waals surface area contributed by atoms with Crippen LogP contribution in [0.15, 0.2) is 11.6 Å². The lowest BCUT2D eigenvalue weighted by Gasteiger charge is -2.22. The predicted molar refractivity (Wildman–Crippen MR) is 55.4 cm³/mol. The molecule has 1 saturated heterocycles. The van der Waals surface area contributed by atoms with Crippen LogP contribution in [0.25, 0.3) is 0 Å². The molecule has 100 valence electrons. The Kier molecular flexibility index (Phi) is 5.94. The SMILES string of the molecule is OC/C(=C/COC1CCCCO1)CC(F)(F)F. The van der Waals surface area contributed by atoms with Crippen molar-refractivity contribution in [2.45, 2.75) is 38.1 Å². The summed E-state index contributed by atoms with van der Waals surface area (Å²) in [6.07, 6.45) is -1.69. The summed E-state index contributed by atoms with van der Waals surface area (Å²) in [7, 11) is 0. The molecule has 0 aromatic carbocycles. The van der Waals surface area contributed by atoms with Crippen molar-refractivity contribution in [1.29, 1.82) is 0 Å². The minimum Gasteiger partial charge on any atom is -0.392 e. The van der Waals surface area contributed by atoms with Gasteiger partial charge < -0.3 is 14.6 Å². The van der Waals surface area contributed by atoms with Crippen LogP contribution in [0.1, 0.15) is 25.7 Å². The molecule has 1 atom stereocenters. The van der Waals surface area contributed by atoms with Gasteiger partial charge in [0.1, 0.15) is 0 Å². The molecule has 1 fully saturated rings. The molecule has 0 bridgehead atoms. The molecule has 0 amide bonds. The van der Waals surface area contributed by atoms with Gasteiger partial charge in [0.25, 0.3) is 0 Å². The summed E-state index contributed by atoms with van der Waals surface area (Å²) < 4.78 is 46.7. The first kappa shape index (κ1) is 14.5. The standard InChI is InChI=1S/C11H17F3O3/c12-11(13,14)7-9(8-15)4-6-17-10-3-1-2-5-16-10/h4,10,15H,1-3,5-8H2/b9-4+. The first-order valence-electron chi connectivity index (χ1n) is 5.60. The zero-order valence-electron chi connectivity index (χ0n) is 9.50. The molecule has 1 aliphatic heterocycles. The predicted octanol–water partition coefficient (Wildman–Crippen LogP) is 2.40. The lowest BCUT2D eigenvalue weighted by atomic mass is 10.2. The summed E-state index contributed by atoms with van der Waals surface area (Å²) >= 11 is 0. The van der Waals surface area contributed by atoms with Crippen LogP contribution in [0.3, 0.4) is 0 Å². The van der Waals surface area contributed by atoms with Crippen molar-refractivity contribution >= 4 is 0 Å². The van der Waals surface area contributed by atoms with E-state index in [0.717, 1.165) is 19.3 Å². The number of hydrogen-bond acceptors (Lipinski definition) is 3. The highest BCUT2D eigenvalue weighted by Gasteiger charge is 2.28. The quantitative estimate of drug-likeness (QED) is 0.766. The Hall–Kier alpha value is -0.590. The van der Waals surface area contributed by atoms with E-state index in [0.29, 0.717) is 6.61 Å². The second-order valence-corrected chi connectivity index (χ2v) is 3.94. The molecule has 1 unspecified atom stereocenters. The van der Waals surface area contributed by atoms with Crippen LogP contribution in [0.2, 0.25) is 0 Å². The van der Waals surface area contributed by atoms with Crippen molar-refractivity contribution in [1.82, 2.24) is 0 Å². The Bertz CT molecular complexity index is 245. The van der Waals surface area contributed by atoms with E-state index >= 15 is 0 Å². The molecule has 0 radical (unpaired) electrons. The van der Waals surface area contributed by atoms with Crippen molar-refractivity contribution < 1.29 is 27.8 Å². The monoisotopic (exact) mass is 254 g/mol. The molecule has 0 aromatic rings. The number of ether oxygens (including phenoxy) is 2. The van der Waals surface area contributed by atoms with E-state index in [9.17, 15) is 13.2 Å². The summed E-state index contributed by atoms with van der Waals surface area (Å²) in [6.45, 7) is 0.0643. The lowest BCUT2D eigenvalue weighted by molar-refractivity contribution is -0.155. The van der Waals surface area contributed by atoms with Gasteiger partial charge in [-0.25, -0.2) is 0 Å². The van der Waals surface area contributed by atoms with E-state index in [-0.39, 0.29) is 18.5 Å². The topological polar surface area (TPSA) is 38.7 Å². The zero-order chi connectivity index (χ0) is 12.7. The van der Waals surface area contributed by atoms with Crippen molar-refractivity contribution in [2.75, 3.05) is 19.8 Å². The highest BCUT2D eigenvalue weighted by molar-refractivity contribution is 5.04. The van der Waals surface area contributed by atoms with Crippen molar-refractivity contribution in [3.63, 3.8) is 0 Å². The zero-order valence-corrected chi connectivity index (χ0v) is 9.50. The maximum atomic E-state index is 12.1. The fourth-order valence-corrected chi connectivity index (χ4v) is 1.57. The van der Waals surface area contributed by atoms with E-state index < -0.39 is 19.2 Å². The summed E-state index contributed by atoms with van der Waals surface area (Å²) in [6, 6.07) is 0. The van der Waals surface area contributed by atoms with Crippen molar-refractivity contribution in [2.24, 2.45) is 0 Å². The molecular formula is C11H17F3O3. The Morgan fingerprint density at radius 3 is 2.71 bits per heavy atom. The van der Waals surface area contributed by atoms with Crippen LogP contribution < -0.4 is 0 Å². The first-order valence-corrected chi connectivity index (χ1v) is 5.60. The second-order valence-electron chi connectivity index (χ2n) is 3.94. The van der Waals surface area contributed by atoms with Gasteiger partial charge in [-0.1, -0.05) is 6.08 Å². The molecule has 1 N–H and O–H groups in total. The number of aliphatic hydroxyl groups excluding tert-OH is 1. The van der Waals surface area contributed by atoms with E-state index in [1.54, 1.807) is 0 Å². The maximum Gasteiger partial charge on any atom is 0.392 e. The van der Waals surface area contributed by atoms with Gasteiger partial charge in [-0.15, -0.1) is 0 Å². The van der Waals surface area contributed by atoms with E-state index in [4.69, 9.17) is 14.6 Å². The number of rotatable bonds is 5. The summed E-state index contributed by atoms with van der Waals surface area (Å²) in [5, 5.41) is 8.77. The molecule has 0 aromatic heterocycles. The Labute approximate surface area is 98.2 Å². The smallest absolute Gasteiger partial charge is 0.392 e. The molecule has 6 heteroatoms. The van der Waals surface area contributed by atoms with Gasteiger partial charge in [0.05, 0.1) is 19.6 Å². The first-order chi connectivity index (χ1) is 8.01. The lowest BCUT2D eigenvalue weighted by Crippen LogP contribution is -2.22. The molecule has 1 aliphatic rings.